The Labute approximate surface area is 123 Å². The number of aromatic hydroxyl groups is 1. The fraction of sp³-hybridized carbons (Fsp3) is 0.333. The first kappa shape index (κ1) is 13.1. The lowest BCUT2D eigenvalue weighted by Crippen LogP contribution is -2.27. The van der Waals surface area contributed by atoms with E-state index in [-0.39, 0.29) is 17.4 Å². The van der Waals surface area contributed by atoms with Gasteiger partial charge in [0.15, 0.2) is 0 Å². The fourth-order valence-corrected chi connectivity index (χ4v) is 3.19. The van der Waals surface area contributed by atoms with Crippen LogP contribution in [0.5, 0.6) is 5.75 Å². The van der Waals surface area contributed by atoms with Crippen molar-refractivity contribution < 1.29 is 14.0 Å². The van der Waals surface area contributed by atoms with Gasteiger partial charge in [0, 0.05) is 10.9 Å². The van der Waals surface area contributed by atoms with Gasteiger partial charge in [0.25, 0.3) is 0 Å². The van der Waals surface area contributed by atoms with E-state index < -0.39 is 11.3 Å². The molecule has 1 saturated heterocycles. The van der Waals surface area contributed by atoms with E-state index in [0.717, 1.165) is 36.9 Å². The molecule has 0 saturated carbocycles. The van der Waals surface area contributed by atoms with Crippen LogP contribution in [0, 0.1) is 0 Å². The first-order valence-electron chi connectivity index (χ1n) is 7.17. The largest absolute Gasteiger partial charge is 0.508 e. The zero-order valence-electron chi connectivity index (χ0n) is 11.7. The summed E-state index contributed by atoms with van der Waals surface area (Å²) in [4.78, 5) is 23.0. The second-order valence-corrected chi connectivity index (χ2v) is 5.51. The Morgan fingerprint density at radius 3 is 2.73 bits per heavy atom. The summed E-state index contributed by atoms with van der Waals surface area (Å²) in [5, 5.41) is 13.8. The maximum absolute atomic E-state index is 11.6. The van der Waals surface area contributed by atoms with Crippen LogP contribution in [0.2, 0.25) is 0 Å². The van der Waals surface area contributed by atoms with Crippen molar-refractivity contribution in [3.63, 3.8) is 0 Å². The zero-order chi connectivity index (χ0) is 15.3. The summed E-state index contributed by atoms with van der Waals surface area (Å²) in [6, 6.07) is 4.76. The third-order valence-corrected chi connectivity index (χ3v) is 4.18. The van der Waals surface area contributed by atoms with Crippen molar-refractivity contribution in [2.45, 2.75) is 18.8 Å². The molecule has 22 heavy (non-hydrogen) atoms. The molecule has 0 radical (unpaired) electrons. The van der Waals surface area contributed by atoms with Gasteiger partial charge in [-0.25, -0.2) is 9.59 Å². The fourth-order valence-electron chi connectivity index (χ4n) is 3.19. The molecule has 1 aromatic carbocycles. The van der Waals surface area contributed by atoms with Crippen LogP contribution in [-0.2, 0) is 0 Å². The Morgan fingerprint density at radius 1 is 1.18 bits per heavy atom. The molecule has 0 spiro atoms. The van der Waals surface area contributed by atoms with Crippen LogP contribution in [0.15, 0.2) is 36.7 Å². The van der Waals surface area contributed by atoms with E-state index in [4.69, 9.17) is 8.94 Å². The highest BCUT2D eigenvalue weighted by atomic mass is 16.5. The quantitative estimate of drug-likeness (QED) is 0.655. The Kier molecular flexibility index (Phi) is 2.83. The molecule has 0 unspecified atom stereocenters. The lowest BCUT2D eigenvalue weighted by Gasteiger charge is -2.22. The minimum Gasteiger partial charge on any atom is -0.508 e. The highest BCUT2D eigenvalue weighted by Gasteiger charge is 2.26. The van der Waals surface area contributed by atoms with Gasteiger partial charge in [-0.3, -0.25) is 0 Å². The van der Waals surface area contributed by atoms with Crippen LogP contribution in [0.4, 0.5) is 0 Å². The predicted octanol–water partition coefficient (Wildman–Crippen LogP) is 1.17. The summed E-state index contributed by atoms with van der Waals surface area (Å²) in [5.41, 5.74) is -0.406. The Bertz CT molecular complexity index is 975. The molecule has 0 bridgehead atoms. The number of nitrogens with one attached hydrogen (secondary N) is 1. The van der Waals surface area contributed by atoms with Gasteiger partial charge >= 0.3 is 11.3 Å². The molecule has 1 aliphatic rings. The van der Waals surface area contributed by atoms with Crippen molar-refractivity contribution in [1.29, 1.82) is 0 Å². The number of nitrogens with zero attached hydrogens (tertiary/aromatic N) is 1. The van der Waals surface area contributed by atoms with Gasteiger partial charge in [-0.1, -0.05) is 0 Å². The van der Waals surface area contributed by atoms with Crippen LogP contribution >= 0.6 is 0 Å². The molecule has 1 aliphatic heterocycles. The second-order valence-electron chi connectivity index (χ2n) is 5.51. The number of hydrogen-bond acceptors (Lipinski definition) is 6. The number of phenols is 1. The zero-order valence-corrected chi connectivity index (χ0v) is 11.7. The molecule has 114 valence electrons. The van der Waals surface area contributed by atoms with Gasteiger partial charge in [-0.2, -0.15) is 0 Å². The van der Waals surface area contributed by atoms with E-state index in [1.54, 1.807) is 12.1 Å². The lowest BCUT2D eigenvalue weighted by atomic mass is 9.90. The molecule has 4 rings (SSSR count). The van der Waals surface area contributed by atoms with Crippen molar-refractivity contribution in [1.82, 2.24) is 9.89 Å². The molecular weight excluding hydrogens is 288 g/mol. The molecule has 0 atom stereocenters. The van der Waals surface area contributed by atoms with E-state index in [0.29, 0.717) is 5.52 Å². The summed E-state index contributed by atoms with van der Waals surface area (Å²) in [6.07, 6.45) is 1.76. The third-order valence-electron chi connectivity index (χ3n) is 4.18. The van der Waals surface area contributed by atoms with Gasteiger partial charge in [0.2, 0.25) is 5.71 Å². The number of fused-ring (bicyclic) bond motifs is 3. The van der Waals surface area contributed by atoms with Crippen LogP contribution in [0.1, 0.15) is 24.3 Å². The Hall–Kier alpha value is -2.54. The van der Waals surface area contributed by atoms with Gasteiger partial charge in [-0.15, -0.1) is 4.57 Å². The summed E-state index contributed by atoms with van der Waals surface area (Å²) < 4.78 is 11.5. The topological polar surface area (TPSA) is 97.1 Å². The van der Waals surface area contributed by atoms with Gasteiger partial charge in [0.05, 0.1) is 5.52 Å². The molecule has 2 N–H and O–H groups in total. The summed E-state index contributed by atoms with van der Waals surface area (Å²) in [5.74, 6) is 0.287. The average molecular weight is 302 g/mol. The highest BCUT2D eigenvalue weighted by molar-refractivity contribution is 5.91. The van der Waals surface area contributed by atoms with Crippen molar-refractivity contribution in [3.8, 4) is 5.75 Å². The smallest absolute Gasteiger partial charge is 0.442 e. The van der Waals surface area contributed by atoms with Crippen molar-refractivity contribution >= 4 is 16.6 Å². The normalized spacial score (nSPS) is 16.5. The number of aromatic nitrogens is 1. The number of rotatable bonds is 1. The predicted molar refractivity (Wildman–Crippen MR) is 78.5 cm³/mol. The van der Waals surface area contributed by atoms with Crippen LogP contribution in [0.25, 0.3) is 16.6 Å². The first-order valence-corrected chi connectivity index (χ1v) is 7.17. The van der Waals surface area contributed by atoms with Crippen molar-refractivity contribution in [2.24, 2.45) is 0 Å². The summed E-state index contributed by atoms with van der Waals surface area (Å²) in [6.45, 7) is 1.73. The van der Waals surface area contributed by atoms with Crippen molar-refractivity contribution in [3.05, 3.63) is 44.6 Å². The van der Waals surface area contributed by atoms with Crippen molar-refractivity contribution in [2.75, 3.05) is 13.1 Å². The maximum atomic E-state index is 11.6. The molecular formula is C15H14N2O5. The van der Waals surface area contributed by atoms with Crippen LogP contribution < -0.4 is 16.6 Å². The standard InChI is InChI=1S/C15H14N2O5/c18-9-1-2-11-10(7-9)12(8-3-5-16-6-4-8)13-17(11)22-15(20)14(19)21-13/h1-2,7-8,16,18H,3-6H2. The van der Waals surface area contributed by atoms with Gasteiger partial charge < -0.3 is 19.4 Å². The van der Waals surface area contributed by atoms with E-state index in [1.165, 1.54) is 10.6 Å². The SMILES string of the molecule is O=c1oc2c(C3CCNCC3)c3cc(O)ccc3n2oc1=O. The maximum Gasteiger partial charge on any atom is 0.442 e. The minimum atomic E-state index is -1.05. The number of hydrogen-bond donors (Lipinski definition) is 2. The molecule has 7 nitrogen and oxygen atoms in total. The summed E-state index contributed by atoms with van der Waals surface area (Å²) in [7, 11) is 0. The molecule has 7 heteroatoms. The average Bonchev–Trinajstić information content (AvgIpc) is 2.81. The lowest BCUT2D eigenvalue weighted by molar-refractivity contribution is 0.284. The molecule has 3 heterocycles. The molecule has 3 aromatic rings. The van der Waals surface area contributed by atoms with Crippen LogP contribution in [0.3, 0.4) is 0 Å². The van der Waals surface area contributed by atoms with E-state index in [2.05, 4.69) is 5.32 Å². The number of piperidine rings is 1. The molecule has 2 aromatic heterocycles. The number of benzene rings is 1. The second kappa shape index (κ2) is 4.74. The van der Waals surface area contributed by atoms with Gasteiger partial charge in [-0.05, 0) is 50.0 Å². The van der Waals surface area contributed by atoms with E-state index >= 15 is 0 Å². The number of phenolic OH excluding ortho intramolecular Hbond substituents is 1. The van der Waals surface area contributed by atoms with Gasteiger partial charge in [0.1, 0.15) is 5.75 Å². The van der Waals surface area contributed by atoms with E-state index in [1.807, 2.05) is 0 Å². The molecule has 0 aliphatic carbocycles. The summed E-state index contributed by atoms with van der Waals surface area (Å²) >= 11 is 0. The molecule has 0 amide bonds. The molecule has 1 fully saturated rings. The van der Waals surface area contributed by atoms with Crippen LogP contribution in [-0.4, -0.2) is 22.8 Å². The highest BCUT2D eigenvalue weighted by Crippen LogP contribution is 2.37. The Balaban J connectivity index is 2.13. The monoisotopic (exact) mass is 302 g/mol. The minimum absolute atomic E-state index is 0.114. The van der Waals surface area contributed by atoms with E-state index in [9.17, 15) is 14.7 Å². The Morgan fingerprint density at radius 2 is 1.95 bits per heavy atom. The first-order chi connectivity index (χ1) is 10.6. The third kappa shape index (κ3) is 1.86.